The monoisotopic (exact) mass is 415 g/mol. The van der Waals surface area contributed by atoms with E-state index in [4.69, 9.17) is 4.99 Å². The van der Waals surface area contributed by atoms with Gasteiger partial charge in [0.15, 0.2) is 5.96 Å². The fourth-order valence-corrected chi connectivity index (χ4v) is 4.19. The summed E-state index contributed by atoms with van der Waals surface area (Å²) in [5.74, 6) is 0.844. The third kappa shape index (κ3) is 7.42. The minimum atomic E-state index is -0.114. The van der Waals surface area contributed by atoms with Crippen molar-refractivity contribution < 1.29 is 5.11 Å². The summed E-state index contributed by atoms with van der Waals surface area (Å²) in [4.78, 5) is 12.8. The van der Waals surface area contributed by atoms with E-state index in [1.165, 1.54) is 16.0 Å². The van der Waals surface area contributed by atoms with Gasteiger partial charge in [-0.15, -0.1) is 11.3 Å². The van der Waals surface area contributed by atoms with Crippen LogP contribution in [0.5, 0.6) is 0 Å². The van der Waals surface area contributed by atoms with Crippen LogP contribution in [-0.4, -0.2) is 53.2 Å². The van der Waals surface area contributed by atoms with E-state index < -0.39 is 0 Å². The van der Waals surface area contributed by atoms with Gasteiger partial charge in [-0.25, -0.2) is 9.98 Å². The summed E-state index contributed by atoms with van der Waals surface area (Å²) < 4.78 is 0. The van der Waals surface area contributed by atoms with Crippen LogP contribution in [0.1, 0.15) is 40.8 Å². The molecule has 158 valence electrons. The van der Waals surface area contributed by atoms with Crippen molar-refractivity contribution in [2.24, 2.45) is 4.99 Å². The molecule has 0 aliphatic carbocycles. The van der Waals surface area contributed by atoms with Crippen molar-refractivity contribution in [3.8, 4) is 0 Å². The third-order valence-electron chi connectivity index (χ3n) is 5.05. The highest BCUT2D eigenvalue weighted by atomic mass is 32.1. The number of likely N-dealkylation sites (tertiary alicyclic amines) is 1. The summed E-state index contributed by atoms with van der Waals surface area (Å²) in [6.45, 7) is 9.39. The lowest BCUT2D eigenvalue weighted by Gasteiger charge is -2.29. The van der Waals surface area contributed by atoms with Crippen LogP contribution in [0, 0.1) is 6.92 Å². The molecule has 1 saturated heterocycles. The number of piperidine rings is 1. The molecule has 29 heavy (non-hydrogen) atoms. The maximum absolute atomic E-state index is 9.63. The Morgan fingerprint density at radius 1 is 1.21 bits per heavy atom. The summed E-state index contributed by atoms with van der Waals surface area (Å²) in [5.41, 5.74) is 2.52. The van der Waals surface area contributed by atoms with Crippen LogP contribution in [0.25, 0.3) is 0 Å². The van der Waals surface area contributed by atoms with Crippen LogP contribution in [0.4, 0.5) is 0 Å². The highest BCUT2D eigenvalue weighted by molar-refractivity contribution is 7.11. The predicted molar refractivity (Wildman–Crippen MR) is 120 cm³/mol. The van der Waals surface area contributed by atoms with Crippen molar-refractivity contribution in [3.05, 3.63) is 51.5 Å². The van der Waals surface area contributed by atoms with Crippen molar-refractivity contribution in [3.63, 3.8) is 0 Å². The van der Waals surface area contributed by atoms with Gasteiger partial charge in [-0.05, 0) is 37.8 Å². The summed E-state index contributed by atoms with van der Waals surface area (Å²) in [6, 6.07) is 8.72. The molecule has 0 saturated carbocycles. The van der Waals surface area contributed by atoms with Gasteiger partial charge in [0.2, 0.25) is 0 Å². The number of aryl methyl sites for hydroxylation is 1. The van der Waals surface area contributed by atoms with Crippen LogP contribution >= 0.6 is 11.3 Å². The van der Waals surface area contributed by atoms with E-state index in [1.807, 2.05) is 6.20 Å². The van der Waals surface area contributed by atoms with Crippen LogP contribution in [0.15, 0.2) is 35.5 Å². The number of hydrogen-bond donors (Lipinski definition) is 3. The van der Waals surface area contributed by atoms with E-state index in [0.29, 0.717) is 6.54 Å². The zero-order chi connectivity index (χ0) is 20.5. The molecule has 1 aromatic heterocycles. The topological polar surface area (TPSA) is 72.8 Å². The first-order valence-electron chi connectivity index (χ1n) is 10.5. The van der Waals surface area contributed by atoms with Gasteiger partial charge in [0.1, 0.15) is 0 Å². The number of aromatic nitrogens is 1. The normalized spacial score (nSPS) is 16.2. The molecule has 0 bridgehead atoms. The van der Waals surface area contributed by atoms with Crippen LogP contribution in [0.3, 0.4) is 0 Å². The van der Waals surface area contributed by atoms with E-state index in [0.717, 1.165) is 63.0 Å². The molecule has 2 heterocycles. The van der Waals surface area contributed by atoms with Crippen molar-refractivity contribution in [1.29, 1.82) is 0 Å². The number of nitrogens with one attached hydrogen (secondary N) is 2. The molecule has 3 N–H and O–H groups in total. The van der Waals surface area contributed by atoms with Crippen LogP contribution in [-0.2, 0) is 19.5 Å². The number of nitrogens with zero attached hydrogens (tertiary/aromatic N) is 3. The Hall–Kier alpha value is -1.96. The maximum Gasteiger partial charge on any atom is 0.191 e. The zero-order valence-corrected chi connectivity index (χ0v) is 18.3. The fourth-order valence-electron chi connectivity index (χ4n) is 3.40. The Bertz CT molecular complexity index is 766. The van der Waals surface area contributed by atoms with E-state index in [-0.39, 0.29) is 6.10 Å². The Balaban J connectivity index is 1.46. The van der Waals surface area contributed by atoms with E-state index >= 15 is 0 Å². The molecule has 3 rings (SSSR count). The zero-order valence-electron chi connectivity index (χ0n) is 17.5. The number of aliphatic hydroxyl groups is 1. The number of rotatable bonds is 8. The highest BCUT2D eigenvalue weighted by Gasteiger charge is 2.16. The largest absolute Gasteiger partial charge is 0.393 e. The van der Waals surface area contributed by atoms with Crippen LogP contribution < -0.4 is 10.6 Å². The number of aliphatic imine (C=N–C) groups is 1. The minimum absolute atomic E-state index is 0.114. The highest BCUT2D eigenvalue weighted by Crippen LogP contribution is 2.14. The Morgan fingerprint density at radius 3 is 2.59 bits per heavy atom. The maximum atomic E-state index is 9.63. The molecular weight excluding hydrogens is 382 g/mol. The SMILES string of the molecule is CCNC(=NCc1ccc(CN2CCC(O)CC2)cc1)NCCc1ncc(C)s1. The first-order chi connectivity index (χ1) is 14.1. The number of hydrogen-bond acceptors (Lipinski definition) is 5. The smallest absolute Gasteiger partial charge is 0.191 e. The van der Waals surface area contributed by atoms with Gasteiger partial charge < -0.3 is 15.7 Å². The average Bonchev–Trinajstić information content (AvgIpc) is 3.14. The lowest BCUT2D eigenvalue weighted by Crippen LogP contribution is -2.38. The number of thiazole rings is 1. The average molecular weight is 416 g/mol. The molecule has 1 aliphatic heterocycles. The molecule has 7 heteroatoms. The first-order valence-corrected chi connectivity index (χ1v) is 11.4. The summed E-state index contributed by atoms with van der Waals surface area (Å²) in [5, 5.41) is 17.5. The van der Waals surface area contributed by atoms with Gasteiger partial charge in [-0.3, -0.25) is 4.90 Å². The molecule has 0 spiro atoms. The number of aliphatic hydroxyl groups excluding tert-OH is 1. The van der Waals surface area contributed by atoms with Crippen molar-refractivity contribution in [2.45, 2.75) is 52.3 Å². The standard InChI is InChI=1S/C22H33N5OS/c1-3-23-22(24-11-8-21-25-14-17(2)29-21)26-15-18-4-6-19(7-5-18)16-27-12-9-20(28)10-13-27/h4-7,14,20,28H,3,8-13,15-16H2,1-2H3,(H2,23,24,26). The van der Waals surface area contributed by atoms with Crippen molar-refractivity contribution >= 4 is 17.3 Å². The van der Waals surface area contributed by atoms with Gasteiger partial charge in [0, 0.05) is 50.2 Å². The van der Waals surface area contributed by atoms with Gasteiger partial charge in [0.05, 0.1) is 17.7 Å². The molecule has 2 aromatic rings. The van der Waals surface area contributed by atoms with Gasteiger partial charge in [-0.2, -0.15) is 0 Å². The van der Waals surface area contributed by atoms with Crippen molar-refractivity contribution in [2.75, 3.05) is 26.2 Å². The first kappa shape index (κ1) is 21.7. The summed E-state index contributed by atoms with van der Waals surface area (Å²) in [7, 11) is 0. The molecule has 0 radical (unpaired) electrons. The van der Waals surface area contributed by atoms with Gasteiger partial charge in [0.25, 0.3) is 0 Å². The molecule has 1 fully saturated rings. The second kappa shape index (κ2) is 11.3. The molecule has 0 unspecified atom stereocenters. The lowest BCUT2D eigenvalue weighted by molar-refractivity contribution is 0.0792. The molecule has 0 amide bonds. The third-order valence-corrected chi connectivity index (χ3v) is 6.02. The predicted octanol–water partition coefficient (Wildman–Crippen LogP) is 2.71. The molecule has 0 atom stereocenters. The quantitative estimate of drug-likeness (QED) is 0.457. The van der Waals surface area contributed by atoms with Crippen LogP contribution in [0.2, 0.25) is 0 Å². The number of benzene rings is 1. The Labute approximate surface area is 178 Å². The Kier molecular flexibility index (Phi) is 8.46. The molecular formula is C22H33N5OS. The second-order valence-electron chi connectivity index (χ2n) is 7.56. The second-order valence-corrected chi connectivity index (χ2v) is 8.88. The summed E-state index contributed by atoms with van der Waals surface area (Å²) in [6.07, 6.45) is 4.49. The Morgan fingerprint density at radius 2 is 1.93 bits per heavy atom. The van der Waals surface area contributed by atoms with Crippen molar-refractivity contribution in [1.82, 2.24) is 20.5 Å². The lowest BCUT2D eigenvalue weighted by atomic mass is 10.1. The minimum Gasteiger partial charge on any atom is -0.393 e. The van der Waals surface area contributed by atoms with E-state index in [1.54, 1.807) is 11.3 Å². The van der Waals surface area contributed by atoms with Gasteiger partial charge >= 0.3 is 0 Å². The van der Waals surface area contributed by atoms with E-state index in [9.17, 15) is 5.11 Å². The van der Waals surface area contributed by atoms with Gasteiger partial charge in [-0.1, -0.05) is 24.3 Å². The van der Waals surface area contributed by atoms with E-state index in [2.05, 4.69) is 58.6 Å². The fraction of sp³-hybridized carbons (Fsp3) is 0.545. The molecule has 1 aromatic carbocycles. The molecule has 6 nitrogen and oxygen atoms in total. The molecule has 1 aliphatic rings. The number of guanidine groups is 1. The summed E-state index contributed by atoms with van der Waals surface area (Å²) >= 11 is 1.75.